The summed E-state index contributed by atoms with van der Waals surface area (Å²) in [6.07, 6.45) is 0.960. The molecule has 4 aromatic carbocycles. The first-order chi connectivity index (χ1) is 18.9. The van der Waals surface area contributed by atoms with Crippen LogP contribution in [0.25, 0.3) is 32.7 Å². The Morgan fingerprint density at radius 3 is 1.20 bits per heavy atom. The van der Waals surface area contributed by atoms with Gasteiger partial charge in [-0.05, 0) is 47.6 Å². The fourth-order valence-corrected chi connectivity index (χ4v) is 5.96. The molecule has 0 amide bonds. The zero-order chi connectivity index (χ0) is 29.8. The Kier molecular flexibility index (Phi) is 7.32. The van der Waals surface area contributed by atoms with Gasteiger partial charge in [-0.25, -0.2) is 0 Å². The van der Waals surface area contributed by atoms with Crippen LogP contribution in [0.5, 0.6) is 34.5 Å². The van der Waals surface area contributed by atoms with Crippen molar-refractivity contribution in [2.24, 2.45) is 0 Å². The Morgan fingerprint density at radius 1 is 0.625 bits per heavy atom. The monoisotopic (exact) mass is 546 g/mol. The van der Waals surface area contributed by atoms with Crippen LogP contribution in [-0.4, -0.2) is 47.2 Å². The van der Waals surface area contributed by atoms with E-state index in [4.69, 9.17) is 9.47 Å². The van der Waals surface area contributed by atoms with Gasteiger partial charge in [-0.15, -0.1) is 0 Å². The zero-order valence-electron chi connectivity index (χ0n) is 23.9. The second-order valence-electron chi connectivity index (χ2n) is 10.6. The fourth-order valence-electron chi connectivity index (χ4n) is 5.96. The Morgan fingerprint density at radius 2 is 0.950 bits per heavy atom. The lowest BCUT2D eigenvalue weighted by atomic mass is 9.83. The molecule has 210 valence electrons. The van der Waals surface area contributed by atoms with E-state index < -0.39 is 11.5 Å². The molecular weight excluding hydrogens is 512 g/mol. The number of phenols is 4. The summed E-state index contributed by atoms with van der Waals surface area (Å²) in [7, 11) is 2.90. The van der Waals surface area contributed by atoms with Crippen LogP contribution in [0.3, 0.4) is 0 Å². The topological polar surface area (TPSA) is 134 Å². The van der Waals surface area contributed by atoms with E-state index in [0.29, 0.717) is 67.5 Å². The molecule has 0 aliphatic carbocycles. The average molecular weight is 547 g/mol. The summed E-state index contributed by atoms with van der Waals surface area (Å²) in [5, 5.41) is 45.0. The highest BCUT2D eigenvalue weighted by Crippen LogP contribution is 2.54. The van der Waals surface area contributed by atoms with E-state index in [1.54, 1.807) is 0 Å². The number of hydrogen-bond acceptors (Lipinski definition) is 8. The molecule has 0 unspecified atom stereocenters. The van der Waals surface area contributed by atoms with Crippen molar-refractivity contribution in [2.45, 2.75) is 53.4 Å². The van der Waals surface area contributed by atoms with E-state index in [1.807, 2.05) is 53.7 Å². The predicted molar refractivity (Wildman–Crippen MR) is 155 cm³/mol. The molecule has 0 radical (unpaired) electrons. The maximum atomic E-state index is 12.3. The van der Waals surface area contributed by atoms with Gasteiger partial charge < -0.3 is 29.9 Å². The van der Waals surface area contributed by atoms with Crippen LogP contribution in [0, 0.1) is 13.8 Å². The lowest BCUT2D eigenvalue weighted by Crippen LogP contribution is -2.04. The summed E-state index contributed by atoms with van der Waals surface area (Å²) < 4.78 is 11.9. The number of carbonyl (C=O) groups is 2. The summed E-state index contributed by atoms with van der Waals surface area (Å²) in [6, 6.07) is 3.65. The molecule has 0 aromatic heterocycles. The minimum absolute atomic E-state index is 0.120. The van der Waals surface area contributed by atoms with Gasteiger partial charge >= 0.3 is 0 Å². The Bertz CT molecular complexity index is 1590. The number of fused-ring (bicyclic) bond motifs is 2. The molecule has 0 fully saturated rings. The number of aldehydes is 2. The highest BCUT2D eigenvalue weighted by Gasteiger charge is 2.30. The minimum Gasteiger partial charge on any atom is -0.504 e. The number of phenolic OH excluding ortho intramolecular Hbond substituents is 4. The third-order valence-electron chi connectivity index (χ3n) is 7.59. The Labute approximate surface area is 232 Å². The van der Waals surface area contributed by atoms with Gasteiger partial charge in [0.25, 0.3) is 0 Å². The van der Waals surface area contributed by atoms with Crippen LogP contribution >= 0.6 is 0 Å². The van der Waals surface area contributed by atoms with Gasteiger partial charge in [0.15, 0.2) is 35.6 Å². The van der Waals surface area contributed by atoms with E-state index in [1.165, 1.54) is 14.2 Å². The van der Waals surface area contributed by atoms with Crippen molar-refractivity contribution in [2.75, 3.05) is 14.2 Å². The molecule has 0 heterocycles. The van der Waals surface area contributed by atoms with Crippen LogP contribution in [0.2, 0.25) is 0 Å². The van der Waals surface area contributed by atoms with Gasteiger partial charge in [-0.1, -0.05) is 39.8 Å². The first-order valence-corrected chi connectivity index (χ1v) is 13.0. The summed E-state index contributed by atoms with van der Waals surface area (Å²) in [5.41, 5.74) is 3.23. The van der Waals surface area contributed by atoms with Crippen molar-refractivity contribution in [3.63, 3.8) is 0 Å². The van der Waals surface area contributed by atoms with Gasteiger partial charge in [0.05, 0.1) is 25.3 Å². The highest BCUT2D eigenvalue weighted by molar-refractivity contribution is 6.14. The number of benzene rings is 4. The molecule has 0 aliphatic rings. The average Bonchev–Trinajstić information content (AvgIpc) is 2.89. The molecule has 4 rings (SSSR count). The molecule has 0 bridgehead atoms. The number of aryl methyl sites for hydroxylation is 2. The van der Waals surface area contributed by atoms with Crippen molar-refractivity contribution >= 4 is 34.1 Å². The predicted octanol–water partition coefficient (Wildman–Crippen LogP) is 6.99. The molecule has 0 spiro atoms. The molecule has 0 aliphatic heterocycles. The fraction of sp³-hybridized carbons (Fsp3) is 0.312. The second-order valence-corrected chi connectivity index (χ2v) is 10.6. The highest BCUT2D eigenvalue weighted by atomic mass is 16.5. The smallest absolute Gasteiger partial charge is 0.169 e. The quantitative estimate of drug-likeness (QED) is 0.144. The molecule has 4 aromatic rings. The van der Waals surface area contributed by atoms with E-state index in [-0.39, 0.29) is 46.0 Å². The number of ether oxygens (including phenoxy) is 2. The number of hydrogen-bond donors (Lipinski definition) is 4. The van der Waals surface area contributed by atoms with E-state index in [0.717, 1.165) is 0 Å². The standard InChI is InChI=1S/C32H34O8/c1-13(2)21-17-9-15(5)23(31(39-7)25(17)19(11-33)27(35)29(21)37)24-16(6)10-18-22(14(3)4)30(38)28(36)20(12-34)26(18)32(24)40-8/h9-14,35-38H,1-8H3. The minimum atomic E-state index is -0.535. The first-order valence-electron chi connectivity index (χ1n) is 13.0. The zero-order valence-corrected chi connectivity index (χ0v) is 23.9. The van der Waals surface area contributed by atoms with Crippen LogP contribution in [-0.2, 0) is 0 Å². The first kappa shape index (κ1) is 28.5. The maximum Gasteiger partial charge on any atom is 0.169 e. The molecule has 8 heteroatoms. The molecule has 0 saturated heterocycles. The maximum absolute atomic E-state index is 12.3. The van der Waals surface area contributed by atoms with Gasteiger partial charge in [0, 0.05) is 33.0 Å². The summed E-state index contributed by atoms with van der Waals surface area (Å²) >= 11 is 0. The van der Waals surface area contributed by atoms with Gasteiger partial charge in [0.2, 0.25) is 0 Å². The number of carbonyl (C=O) groups excluding carboxylic acids is 2. The second kappa shape index (κ2) is 10.3. The van der Waals surface area contributed by atoms with Crippen molar-refractivity contribution in [3.8, 4) is 45.6 Å². The van der Waals surface area contributed by atoms with Crippen LogP contribution < -0.4 is 9.47 Å². The van der Waals surface area contributed by atoms with Crippen LogP contribution in [0.15, 0.2) is 12.1 Å². The lowest BCUT2D eigenvalue weighted by Gasteiger charge is -2.25. The number of methoxy groups -OCH3 is 2. The molecule has 0 atom stereocenters. The van der Waals surface area contributed by atoms with Crippen molar-refractivity contribution in [1.29, 1.82) is 0 Å². The van der Waals surface area contributed by atoms with Crippen molar-refractivity contribution in [3.05, 3.63) is 45.5 Å². The van der Waals surface area contributed by atoms with Crippen molar-refractivity contribution < 1.29 is 39.5 Å². The van der Waals surface area contributed by atoms with Crippen LogP contribution in [0.1, 0.15) is 82.5 Å². The van der Waals surface area contributed by atoms with Crippen LogP contribution in [0.4, 0.5) is 0 Å². The normalized spacial score (nSPS) is 11.6. The van der Waals surface area contributed by atoms with Gasteiger partial charge in [-0.2, -0.15) is 0 Å². The van der Waals surface area contributed by atoms with E-state index in [2.05, 4.69) is 0 Å². The third kappa shape index (κ3) is 3.89. The molecule has 8 nitrogen and oxygen atoms in total. The SMILES string of the molecule is COc1c(-c2c(C)cc3c(C(C)C)c(O)c(O)c(C=O)c3c2OC)c(C)cc2c(C(C)C)c(O)c(O)c(C=O)c12. The number of aromatic hydroxyl groups is 4. The van der Waals surface area contributed by atoms with Gasteiger partial charge in [-0.3, -0.25) is 9.59 Å². The summed E-state index contributed by atoms with van der Waals surface area (Å²) in [5.74, 6) is -1.62. The molecular formula is C32H34O8. The molecule has 4 N–H and O–H groups in total. The number of rotatable bonds is 7. The lowest BCUT2D eigenvalue weighted by molar-refractivity contribution is 0.111. The molecule has 40 heavy (non-hydrogen) atoms. The summed E-state index contributed by atoms with van der Waals surface area (Å²) in [4.78, 5) is 24.5. The van der Waals surface area contributed by atoms with E-state index >= 15 is 0 Å². The Hall–Kier alpha value is -4.46. The summed E-state index contributed by atoms with van der Waals surface area (Å²) in [6.45, 7) is 11.2. The van der Waals surface area contributed by atoms with Crippen molar-refractivity contribution in [1.82, 2.24) is 0 Å². The third-order valence-corrected chi connectivity index (χ3v) is 7.59. The Balaban J connectivity index is 2.34. The molecule has 0 saturated carbocycles. The van der Waals surface area contributed by atoms with E-state index in [9.17, 15) is 30.0 Å². The van der Waals surface area contributed by atoms with Gasteiger partial charge in [0.1, 0.15) is 11.5 Å². The largest absolute Gasteiger partial charge is 0.504 e.